The van der Waals surface area contributed by atoms with Crippen LogP contribution >= 0.6 is 8.25 Å². The lowest BCUT2D eigenvalue weighted by Crippen LogP contribution is -2.13. The fourth-order valence-electron chi connectivity index (χ4n) is 2.19. The maximum Gasteiger partial charge on any atom is 0.316 e. The van der Waals surface area contributed by atoms with Crippen molar-refractivity contribution in [1.29, 1.82) is 0 Å². The molecule has 156 valence electrons. The Bertz CT molecular complexity index is 968. The van der Waals surface area contributed by atoms with Gasteiger partial charge in [-0.3, -0.25) is 4.57 Å². The quantitative estimate of drug-likeness (QED) is 0.508. The summed E-state index contributed by atoms with van der Waals surface area (Å²) in [5.41, 5.74) is 13.7. The number of hydrogen-bond acceptors (Lipinski definition) is 9. The van der Waals surface area contributed by atoms with E-state index in [1.165, 1.54) is 12.8 Å². The summed E-state index contributed by atoms with van der Waals surface area (Å²) in [6, 6.07) is 7.26. The molecule has 0 aliphatic heterocycles. The first kappa shape index (κ1) is 22.5. The normalized spacial score (nSPS) is 11.6. The number of nitrogen functional groups attached to an aromatic ring is 2. The molecule has 2 heterocycles. The third kappa shape index (κ3) is 6.35. The fraction of sp³-hybridized carbons (Fsp3) is 0.333. The second-order valence-corrected chi connectivity index (χ2v) is 6.97. The Morgan fingerprint density at radius 2 is 1.76 bits per heavy atom. The molecule has 1 atom stereocenters. The van der Waals surface area contributed by atoms with Crippen LogP contribution in [0.1, 0.15) is 32.3 Å². The average molecular weight is 419 g/mol. The van der Waals surface area contributed by atoms with Crippen LogP contribution in [0.4, 0.5) is 23.3 Å². The van der Waals surface area contributed by atoms with Crippen molar-refractivity contribution in [1.82, 2.24) is 19.9 Å². The Morgan fingerprint density at radius 3 is 2.34 bits per heavy atom. The van der Waals surface area contributed by atoms with Crippen LogP contribution in [0, 0.1) is 0 Å². The molecule has 0 saturated carbocycles. The molecule has 0 amide bonds. The zero-order valence-electron chi connectivity index (χ0n) is 16.7. The molecule has 3 aromatic rings. The van der Waals surface area contributed by atoms with E-state index in [-0.39, 0.29) is 18.4 Å². The lowest BCUT2D eigenvalue weighted by Gasteiger charge is -2.18. The highest BCUT2D eigenvalue weighted by molar-refractivity contribution is 7.32. The van der Waals surface area contributed by atoms with E-state index in [2.05, 4.69) is 33.8 Å². The van der Waals surface area contributed by atoms with E-state index in [9.17, 15) is 4.57 Å². The van der Waals surface area contributed by atoms with Gasteiger partial charge >= 0.3 is 8.25 Å². The monoisotopic (exact) mass is 419 g/mol. The molecular weight excluding hydrogens is 393 g/mol. The molecule has 0 radical (unpaired) electrons. The Balaban J connectivity index is 0.000000687. The maximum absolute atomic E-state index is 10.6. The molecule has 11 heteroatoms. The van der Waals surface area contributed by atoms with Gasteiger partial charge in [0, 0.05) is 12.7 Å². The summed E-state index contributed by atoms with van der Waals surface area (Å²) in [6.45, 7) is 4.43. The van der Waals surface area contributed by atoms with Gasteiger partial charge in [0.25, 0.3) is 0 Å². The van der Waals surface area contributed by atoms with E-state index in [0.29, 0.717) is 17.0 Å². The molecular formula is C18H26N7O3P. The topological polar surface area (TPSA) is 153 Å². The summed E-state index contributed by atoms with van der Waals surface area (Å²) in [5.74, 6) is 0.762. The summed E-state index contributed by atoms with van der Waals surface area (Å²) in [6.07, 6.45) is 4.20. The molecule has 1 aromatic carbocycles. The zero-order valence-corrected chi connectivity index (χ0v) is 17.7. The van der Waals surface area contributed by atoms with Crippen LogP contribution in [0.15, 0.2) is 30.5 Å². The second kappa shape index (κ2) is 10.7. The number of nitrogens with zero attached hydrogens (tertiary/aromatic N) is 5. The molecule has 29 heavy (non-hydrogen) atoms. The Labute approximate surface area is 169 Å². The van der Waals surface area contributed by atoms with Crippen molar-refractivity contribution in [2.75, 3.05) is 23.4 Å². The lowest BCUT2D eigenvalue weighted by atomic mass is 10.2. The van der Waals surface area contributed by atoms with Gasteiger partial charge in [0.05, 0.1) is 12.8 Å². The molecule has 0 aliphatic carbocycles. The predicted molar refractivity (Wildman–Crippen MR) is 115 cm³/mol. The van der Waals surface area contributed by atoms with Crippen molar-refractivity contribution in [3.8, 4) is 0 Å². The van der Waals surface area contributed by atoms with Crippen LogP contribution < -0.4 is 16.4 Å². The molecule has 0 fully saturated rings. The van der Waals surface area contributed by atoms with Crippen molar-refractivity contribution in [3.63, 3.8) is 0 Å². The summed E-state index contributed by atoms with van der Waals surface area (Å²) >= 11 is 0. The number of nitrogens with two attached hydrogens (primary N) is 2. The van der Waals surface area contributed by atoms with Gasteiger partial charge < -0.3 is 25.8 Å². The van der Waals surface area contributed by atoms with E-state index < -0.39 is 8.25 Å². The zero-order chi connectivity index (χ0) is 21.4. The Kier molecular flexibility index (Phi) is 8.26. The van der Waals surface area contributed by atoms with Gasteiger partial charge in [0.15, 0.2) is 22.8 Å². The number of hydrogen-bond donors (Lipinski definition) is 3. The van der Waals surface area contributed by atoms with Crippen LogP contribution in [0.2, 0.25) is 0 Å². The van der Waals surface area contributed by atoms with E-state index in [4.69, 9.17) is 20.9 Å². The number of aromatic nitrogens is 4. The van der Waals surface area contributed by atoms with Gasteiger partial charge in [0.2, 0.25) is 5.95 Å². The smallest absolute Gasteiger partial charge is 0.316 e. The van der Waals surface area contributed by atoms with Gasteiger partial charge in [-0.15, -0.1) is 0 Å². The molecule has 1 unspecified atom stereocenters. The summed E-state index contributed by atoms with van der Waals surface area (Å²) in [4.78, 5) is 27.0. The third-order valence-corrected chi connectivity index (χ3v) is 4.36. The maximum atomic E-state index is 10.6. The predicted octanol–water partition coefficient (Wildman–Crippen LogP) is 3.06. The molecule has 5 N–H and O–H groups in total. The van der Waals surface area contributed by atoms with Crippen LogP contribution in [0.25, 0.3) is 11.2 Å². The average Bonchev–Trinajstić information content (AvgIpc) is 2.72. The number of rotatable bonds is 6. The highest BCUT2D eigenvalue weighted by Crippen LogP contribution is 2.25. The van der Waals surface area contributed by atoms with Crippen LogP contribution in [0.3, 0.4) is 0 Å². The van der Waals surface area contributed by atoms with Crippen molar-refractivity contribution < 1.29 is 14.0 Å². The number of unbranched alkanes of at least 4 members (excludes halogenated alkanes) is 1. The molecule has 0 saturated heterocycles. The van der Waals surface area contributed by atoms with Crippen LogP contribution in [0.5, 0.6) is 0 Å². The van der Waals surface area contributed by atoms with Gasteiger partial charge in [0.1, 0.15) is 0 Å². The lowest BCUT2D eigenvalue weighted by molar-refractivity contribution is 0.272. The number of anilines is 4. The minimum absolute atomic E-state index is 0.0451. The van der Waals surface area contributed by atoms with Crippen molar-refractivity contribution in [2.45, 2.75) is 33.3 Å². The molecule has 3 rings (SSSR count). The van der Waals surface area contributed by atoms with Gasteiger partial charge in [-0.05, 0) is 17.7 Å². The highest BCUT2D eigenvalue weighted by atomic mass is 31.1. The minimum Gasteiger partial charge on any atom is -0.382 e. The number of fused-ring (bicyclic) bond motifs is 1. The van der Waals surface area contributed by atoms with E-state index in [1.54, 1.807) is 18.3 Å². The molecule has 0 spiro atoms. The first-order valence-corrected chi connectivity index (χ1v) is 10.4. The van der Waals surface area contributed by atoms with Gasteiger partial charge in [-0.1, -0.05) is 38.8 Å². The van der Waals surface area contributed by atoms with Crippen LogP contribution in [-0.4, -0.2) is 31.9 Å². The number of benzene rings is 1. The first-order valence-electron chi connectivity index (χ1n) is 9.09. The summed E-state index contributed by atoms with van der Waals surface area (Å²) < 4.78 is 15.3. The van der Waals surface area contributed by atoms with Crippen LogP contribution in [-0.2, 0) is 15.7 Å². The molecule has 10 nitrogen and oxygen atoms in total. The molecule has 0 bridgehead atoms. The summed E-state index contributed by atoms with van der Waals surface area (Å²) in [5, 5.41) is 0. The van der Waals surface area contributed by atoms with Crippen molar-refractivity contribution in [2.24, 2.45) is 0 Å². The second-order valence-electron chi connectivity index (χ2n) is 6.15. The van der Waals surface area contributed by atoms with Gasteiger partial charge in [-0.25, -0.2) is 9.97 Å². The first-order chi connectivity index (χ1) is 13.8. The Morgan fingerprint density at radius 1 is 1.10 bits per heavy atom. The SMILES string of the molecule is CCCC.CN(c1ccc(CO[PH](=O)O)cc1)c1cnc2nc(N)nc(N)c2n1. The minimum atomic E-state index is -2.94. The van der Waals surface area contributed by atoms with E-state index in [1.807, 2.05) is 24.1 Å². The molecule has 2 aromatic heterocycles. The molecule has 0 aliphatic rings. The van der Waals surface area contributed by atoms with E-state index in [0.717, 1.165) is 11.3 Å². The van der Waals surface area contributed by atoms with Gasteiger partial charge in [-0.2, -0.15) is 9.97 Å². The van der Waals surface area contributed by atoms with E-state index >= 15 is 0 Å². The Hall–Kier alpha value is -2.81. The van der Waals surface area contributed by atoms with Crippen molar-refractivity contribution in [3.05, 3.63) is 36.0 Å². The highest BCUT2D eigenvalue weighted by Gasteiger charge is 2.11. The van der Waals surface area contributed by atoms with Crippen molar-refractivity contribution >= 4 is 42.7 Å². The largest absolute Gasteiger partial charge is 0.382 e. The fourth-order valence-corrected chi connectivity index (χ4v) is 2.48. The standard InChI is InChI=1S/C14H16N7O3P.C4H10/c1-21(9-4-2-8(3-5-9)7-24-25(22)23)10-6-17-13-11(18-10)12(15)19-14(16)20-13;1-3-4-2/h2-6,25H,7H2,1H3,(H,22,23)(H4,15,16,17,19,20);3-4H2,1-2H3. The third-order valence-electron chi connectivity index (χ3n) is 3.97. The summed E-state index contributed by atoms with van der Waals surface area (Å²) in [7, 11) is -1.12.